The standard InChI is InChI=1S/C15H17Cl/c1-9(2)12-6-5-10(3)15-13(8-12)11(4)7-14(15)16/h5-9H,1-4H3. The van der Waals surface area contributed by atoms with Gasteiger partial charge in [-0.25, -0.2) is 0 Å². The molecule has 16 heavy (non-hydrogen) atoms. The minimum atomic E-state index is 0.545. The average molecular weight is 233 g/mol. The molecule has 0 unspecified atom stereocenters. The summed E-state index contributed by atoms with van der Waals surface area (Å²) < 4.78 is 0. The van der Waals surface area contributed by atoms with E-state index in [-0.39, 0.29) is 0 Å². The van der Waals surface area contributed by atoms with E-state index in [2.05, 4.69) is 52.0 Å². The van der Waals surface area contributed by atoms with Crippen molar-refractivity contribution in [3.05, 3.63) is 46.0 Å². The molecule has 0 N–H and O–H groups in total. The van der Waals surface area contributed by atoms with Gasteiger partial charge in [0.05, 0.1) is 0 Å². The Morgan fingerprint density at radius 2 is 1.69 bits per heavy atom. The summed E-state index contributed by atoms with van der Waals surface area (Å²) in [4.78, 5) is 0. The van der Waals surface area contributed by atoms with Gasteiger partial charge in [-0.15, -0.1) is 0 Å². The molecule has 2 aliphatic rings. The second kappa shape index (κ2) is 4.10. The zero-order chi connectivity index (χ0) is 11.9. The Bertz CT molecular complexity index is 497. The Morgan fingerprint density at radius 1 is 1.00 bits per heavy atom. The lowest BCUT2D eigenvalue weighted by molar-refractivity contribution is 0.868. The fraction of sp³-hybridized carbons (Fsp3) is 0.333. The first kappa shape index (κ1) is 11.5. The van der Waals surface area contributed by atoms with Crippen LogP contribution in [0.15, 0.2) is 24.3 Å². The van der Waals surface area contributed by atoms with Crippen molar-refractivity contribution in [2.75, 3.05) is 0 Å². The molecular weight excluding hydrogens is 216 g/mol. The molecule has 0 aliphatic heterocycles. The summed E-state index contributed by atoms with van der Waals surface area (Å²) in [7, 11) is 0. The molecule has 0 heterocycles. The summed E-state index contributed by atoms with van der Waals surface area (Å²) >= 11 is 6.27. The van der Waals surface area contributed by atoms with Gasteiger partial charge in [-0.3, -0.25) is 0 Å². The van der Waals surface area contributed by atoms with E-state index in [0.717, 1.165) is 5.02 Å². The summed E-state index contributed by atoms with van der Waals surface area (Å²) in [6, 6.07) is 8.70. The highest BCUT2D eigenvalue weighted by Crippen LogP contribution is 2.38. The Balaban J connectivity index is 2.77. The van der Waals surface area contributed by atoms with Crippen molar-refractivity contribution in [1.29, 1.82) is 0 Å². The van der Waals surface area contributed by atoms with Gasteiger partial charge in [0.15, 0.2) is 0 Å². The van der Waals surface area contributed by atoms with Gasteiger partial charge in [0.1, 0.15) is 0 Å². The smallest absolute Gasteiger partial charge is 0.0490 e. The molecule has 2 aliphatic carbocycles. The molecule has 84 valence electrons. The SMILES string of the molecule is Cc1cc(Cl)c2c(C)ccc(C(C)C)cc1-2. The molecule has 0 bridgehead atoms. The Labute approximate surface area is 103 Å². The topological polar surface area (TPSA) is 0 Å². The average Bonchev–Trinajstić information content (AvgIpc) is 2.39. The second-order valence-corrected chi connectivity index (χ2v) is 5.19. The van der Waals surface area contributed by atoms with Crippen molar-refractivity contribution in [3.8, 4) is 11.1 Å². The molecular formula is C15H17Cl. The summed E-state index contributed by atoms with van der Waals surface area (Å²) in [5.74, 6) is 0.545. The molecule has 1 heteroatoms. The molecule has 0 nitrogen and oxygen atoms in total. The lowest BCUT2D eigenvalue weighted by Gasteiger charge is -2.03. The predicted molar refractivity (Wildman–Crippen MR) is 71.6 cm³/mol. The molecule has 0 radical (unpaired) electrons. The third kappa shape index (κ3) is 1.82. The van der Waals surface area contributed by atoms with Crippen LogP contribution < -0.4 is 0 Å². The summed E-state index contributed by atoms with van der Waals surface area (Å²) in [5.41, 5.74) is 6.37. The van der Waals surface area contributed by atoms with E-state index in [1.54, 1.807) is 0 Å². The first-order chi connectivity index (χ1) is 7.50. The van der Waals surface area contributed by atoms with Crippen LogP contribution in [0.2, 0.25) is 5.02 Å². The Kier molecular flexibility index (Phi) is 2.94. The second-order valence-electron chi connectivity index (χ2n) is 4.78. The molecule has 2 rings (SSSR count). The van der Waals surface area contributed by atoms with Gasteiger partial charge in [0, 0.05) is 10.6 Å². The van der Waals surface area contributed by atoms with Crippen LogP contribution in [0.5, 0.6) is 0 Å². The van der Waals surface area contributed by atoms with Crippen LogP contribution in [0.4, 0.5) is 0 Å². The zero-order valence-corrected chi connectivity index (χ0v) is 11.0. The van der Waals surface area contributed by atoms with E-state index in [4.69, 9.17) is 11.6 Å². The van der Waals surface area contributed by atoms with E-state index in [1.165, 1.54) is 27.8 Å². The van der Waals surface area contributed by atoms with Gasteiger partial charge in [-0.05, 0) is 48.1 Å². The number of fused-ring (bicyclic) bond motifs is 1. The molecule has 0 saturated heterocycles. The molecule has 0 spiro atoms. The third-order valence-corrected chi connectivity index (χ3v) is 3.47. The van der Waals surface area contributed by atoms with Gasteiger partial charge in [-0.2, -0.15) is 0 Å². The largest absolute Gasteiger partial charge is 0.0836 e. The number of halogens is 1. The van der Waals surface area contributed by atoms with E-state index in [0.29, 0.717) is 5.92 Å². The first-order valence-corrected chi connectivity index (χ1v) is 6.08. The van der Waals surface area contributed by atoms with Crippen LogP contribution >= 0.6 is 11.6 Å². The van der Waals surface area contributed by atoms with Crippen LogP contribution in [-0.4, -0.2) is 0 Å². The zero-order valence-electron chi connectivity index (χ0n) is 10.3. The summed E-state index contributed by atoms with van der Waals surface area (Å²) in [5, 5.41) is 0.871. The van der Waals surface area contributed by atoms with Crippen molar-refractivity contribution in [3.63, 3.8) is 0 Å². The molecule has 0 amide bonds. The lowest BCUT2D eigenvalue weighted by atomic mass is 10.0. The van der Waals surface area contributed by atoms with Crippen LogP contribution in [0.3, 0.4) is 0 Å². The van der Waals surface area contributed by atoms with Crippen LogP contribution in [-0.2, 0) is 0 Å². The lowest BCUT2D eigenvalue weighted by Crippen LogP contribution is -1.83. The first-order valence-electron chi connectivity index (χ1n) is 5.70. The van der Waals surface area contributed by atoms with E-state index in [9.17, 15) is 0 Å². The summed E-state index contributed by atoms with van der Waals surface area (Å²) in [6.45, 7) is 8.68. The van der Waals surface area contributed by atoms with E-state index in [1.807, 2.05) is 0 Å². The number of hydrogen-bond acceptors (Lipinski definition) is 0. The van der Waals surface area contributed by atoms with Crippen LogP contribution in [0.1, 0.15) is 36.5 Å². The van der Waals surface area contributed by atoms with Crippen molar-refractivity contribution >= 4 is 11.6 Å². The van der Waals surface area contributed by atoms with Gasteiger partial charge in [0.25, 0.3) is 0 Å². The van der Waals surface area contributed by atoms with Crippen molar-refractivity contribution in [2.24, 2.45) is 0 Å². The normalized spacial score (nSPS) is 11.4. The molecule has 0 fully saturated rings. The van der Waals surface area contributed by atoms with Gasteiger partial charge < -0.3 is 0 Å². The highest BCUT2D eigenvalue weighted by atomic mass is 35.5. The van der Waals surface area contributed by atoms with Gasteiger partial charge >= 0.3 is 0 Å². The molecule has 0 saturated carbocycles. The maximum Gasteiger partial charge on any atom is 0.0490 e. The Hall–Kier alpha value is -1.01. The molecule has 0 aromatic heterocycles. The minimum absolute atomic E-state index is 0.545. The monoisotopic (exact) mass is 232 g/mol. The van der Waals surface area contributed by atoms with Gasteiger partial charge in [0.2, 0.25) is 0 Å². The fourth-order valence-corrected chi connectivity index (χ4v) is 2.55. The highest BCUT2D eigenvalue weighted by molar-refractivity contribution is 6.34. The van der Waals surface area contributed by atoms with Crippen LogP contribution in [0.25, 0.3) is 11.1 Å². The molecule has 0 aromatic carbocycles. The third-order valence-electron chi connectivity index (χ3n) is 3.17. The molecule has 0 atom stereocenters. The number of aryl methyl sites for hydroxylation is 2. The van der Waals surface area contributed by atoms with Gasteiger partial charge in [-0.1, -0.05) is 43.6 Å². The number of rotatable bonds is 1. The van der Waals surface area contributed by atoms with E-state index < -0.39 is 0 Å². The van der Waals surface area contributed by atoms with Crippen molar-refractivity contribution in [2.45, 2.75) is 33.6 Å². The summed E-state index contributed by atoms with van der Waals surface area (Å²) in [6.07, 6.45) is 0. The molecule has 0 aromatic rings. The Morgan fingerprint density at radius 3 is 2.31 bits per heavy atom. The van der Waals surface area contributed by atoms with E-state index >= 15 is 0 Å². The minimum Gasteiger partial charge on any atom is -0.0836 e. The quantitative estimate of drug-likeness (QED) is 0.635. The number of hydrogen-bond donors (Lipinski definition) is 0. The maximum absolute atomic E-state index is 6.27. The highest BCUT2D eigenvalue weighted by Gasteiger charge is 2.14. The van der Waals surface area contributed by atoms with Crippen molar-refractivity contribution in [1.82, 2.24) is 0 Å². The fourth-order valence-electron chi connectivity index (χ4n) is 2.13. The van der Waals surface area contributed by atoms with Crippen LogP contribution in [0, 0.1) is 13.8 Å². The predicted octanol–water partition coefficient (Wildman–Crippen LogP) is 5.19. The maximum atomic E-state index is 6.27. The van der Waals surface area contributed by atoms with Crippen molar-refractivity contribution < 1.29 is 0 Å².